The molecule has 27 heavy (non-hydrogen) atoms. The fraction of sp³-hybridized carbons (Fsp3) is 0.360. The molecule has 0 saturated heterocycles. The van der Waals surface area contributed by atoms with Crippen LogP contribution in [0.25, 0.3) is 5.70 Å². The van der Waals surface area contributed by atoms with Crippen LogP contribution in [-0.2, 0) is 5.41 Å². The summed E-state index contributed by atoms with van der Waals surface area (Å²) in [6.45, 7) is 17.4. The van der Waals surface area contributed by atoms with Gasteiger partial charge in [0, 0.05) is 17.5 Å². The number of para-hydroxylation sites is 1. The zero-order valence-electron chi connectivity index (χ0n) is 17.4. The van der Waals surface area contributed by atoms with E-state index in [1.165, 1.54) is 11.1 Å². The third-order valence-corrected chi connectivity index (χ3v) is 6.32. The molecular weight excluding hydrogens is 333 g/mol. The first-order chi connectivity index (χ1) is 12.6. The number of benzene rings is 2. The molecule has 142 valence electrons. The summed E-state index contributed by atoms with van der Waals surface area (Å²) in [5, 5.41) is 0. The summed E-state index contributed by atoms with van der Waals surface area (Å²) in [6, 6.07) is 11.4. The van der Waals surface area contributed by atoms with Crippen LogP contribution >= 0.6 is 0 Å². The van der Waals surface area contributed by atoms with Crippen molar-refractivity contribution in [1.29, 1.82) is 0 Å². The second-order valence-corrected chi connectivity index (χ2v) is 8.62. The molecule has 1 unspecified atom stereocenters. The van der Waals surface area contributed by atoms with E-state index in [1.807, 2.05) is 25.3 Å². The van der Waals surface area contributed by atoms with Crippen molar-refractivity contribution >= 4 is 11.4 Å². The van der Waals surface area contributed by atoms with Gasteiger partial charge in [-0.2, -0.15) is 0 Å². The molecule has 2 aromatic carbocycles. The summed E-state index contributed by atoms with van der Waals surface area (Å²) in [7, 11) is 0. The summed E-state index contributed by atoms with van der Waals surface area (Å²) >= 11 is 0. The molecule has 0 amide bonds. The fourth-order valence-electron chi connectivity index (χ4n) is 4.29. The van der Waals surface area contributed by atoms with Crippen LogP contribution in [0.3, 0.4) is 0 Å². The monoisotopic (exact) mass is 363 g/mol. The van der Waals surface area contributed by atoms with Crippen molar-refractivity contribution in [2.45, 2.75) is 53.4 Å². The molecule has 1 fully saturated rings. The maximum Gasteiger partial charge on any atom is 0.123 e. The topological polar surface area (TPSA) is 3.24 Å². The lowest BCUT2D eigenvalue weighted by Gasteiger charge is -2.29. The van der Waals surface area contributed by atoms with Gasteiger partial charge in [0.05, 0.1) is 5.69 Å². The molecule has 1 nitrogen and oxygen atoms in total. The first-order valence-electron chi connectivity index (χ1n) is 9.60. The fourth-order valence-corrected chi connectivity index (χ4v) is 4.29. The smallest absolute Gasteiger partial charge is 0.123 e. The van der Waals surface area contributed by atoms with Gasteiger partial charge in [0.15, 0.2) is 0 Å². The highest BCUT2D eigenvalue weighted by Crippen LogP contribution is 2.65. The number of allylic oxidation sites excluding steroid dienone is 1. The minimum atomic E-state index is -0.185. The highest BCUT2D eigenvalue weighted by molar-refractivity contribution is 5.84. The summed E-state index contributed by atoms with van der Waals surface area (Å²) in [5.41, 5.74) is 6.60. The Bertz CT molecular complexity index is 902. The average Bonchev–Trinajstić information content (AvgIpc) is 3.12. The van der Waals surface area contributed by atoms with E-state index in [2.05, 4.69) is 64.3 Å². The average molecular weight is 364 g/mol. The molecule has 1 aliphatic carbocycles. The van der Waals surface area contributed by atoms with Gasteiger partial charge in [-0.05, 0) is 72.9 Å². The van der Waals surface area contributed by atoms with Crippen molar-refractivity contribution in [3.05, 3.63) is 83.3 Å². The lowest BCUT2D eigenvalue weighted by Crippen LogP contribution is -2.20. The summed E-state index contributed by atoms with van der Waals surface area (Å²) in [6.07, 6.45) is 5.12. The number of hydrogen-bond acceptors (Lipinski definition) is 1. The van der Waals surface area contributed by atoms with E-state index in [-0.39, 0.29) is 16.6 Å². The first-order valence-corrected chi connectivity index (χ1v) is 9.60. The molecule has 1 saturated carbocycles. The maximum absolute atomic E-state index is 14.2. The zero-order chi connectivity index (χ0) is 20.0. The van der Waals surface area contributed by atoms with Crippen LogP contribution in [0.5, 0.6) is 0 Å². The molecule has 0 aromatic heterocycles. The van der Waals surface area contributed by atoms with Crippen molar-refractivity contribution in [2.75, 3.05) is 4.90 Å². The van der Waals surface area contributed by atoms with Crippen LogP contribution in [0, 0.1) is 25.1 Å². The highest BCUT2D eigenvalue weighted by Gasteiger charge is 2.59. The Balaban J connectivity index is 2.15. The minimum absolute atomic E-state index is 0.0320. The third-order valence-electron chi connectivity index (χ3n) is 6.32. The molecule has 0 N–H and O–H groups in total. The molecule has 0 radical (unpaired) electrons. The minimum Gasteiger partial charge on any atom is -0.317 e. The van der Waals surface area contributed by atoms with Crippen LogP contribution < -0.4 is 4.90 Å². The van der Waals surface area contributed by atoms with Crippen LogP contribution in [0.4, 0.5) is 10.1 Å². The van der Waals surface area contributed by atoms with Crippen molar-refractivity contribution < 1.29 is 4.39 Å². The Morgan fingerprint density at radius 1 is 1.11 bits per heavy atom. The molecule has 2 aromatic rings. The number of hydrogen-bond donors (Lipinski definition) is 0. The second-order valence-electron chi connectivity index (χ2n) is 8.62. The second kappa shape index (κ2) is 6.67. The van der Waals surface area contributed by atoms with Gasteiger partial charge >= 0.3 is 0 Å². The van der Waals surface area contributed by atoms with Gasteiger partial charge in [0.25, 0.3) is 0 Å². The largest absolute Gasteiger partial charge is 0.317 e. The van der Waals surface area contributed by atoms with Crippen molar-refractivity contribution in [1.82, 2.24) is 0 Å². The molecule has 0 aliphatic heterocycles. The van der Waals surface area contributed by atoms with Gasteiger partial charge in [0.2, 0.25) is 0 Å². The van der Waals surface area contributed by atoms with Gasteiger partial charge in [-0.1, -0.05) is 51.6 Å². The van der Waals surface area contributed by atoms with Gasteiger partial charge < -0.3 is 4.90 Å². The lowest BCUT2D eigenvalue weighted by molar-refractivity contribution is 0.523. The Hall–Kier alpha value is -2.35. The summed E-state index contributed by atoms with van der Waals surface area (Å²) < 4.78 is 14.2. The van der Waals surface area contributed by atoms with Crippen LogP contribution in [0.15, 0.2) is 55.3 Å². The molecule has 1 atom stereocenters. The maximum atomic E-state index is 14.2. The molecule has 0 spiro atoms. The quantitative estimate of drug-likeness (QED) is 0.545. The van der Waals surface area contributed by atoms with Gasteiger partial charge in [-0.25, -0.2) is 4.39 Å². The molecule has 2 heteroatoms. The van der Waals surface area contributed by atoms with Gasteiger partial charge in [-0.3, -0.25) is 0 Å². The predicted molar refractivity (Wildman–Crippen MR) is 114 cm³/mol. The molecule has 1 aliphatic rings. The van der Waals surface area contributed by atoms with E-state index in [9.17, 15) is 4.39 Å². The van der Waals surface area contributed by atoms with E-state index >= 15 is 0 Å². The van der Waals surface area contributed by atoms with Gasteiger partial charge in [0.1, 0.15) is 5.82 Å². The Labute approximate surface area is 163 Å². The van der Waals surface area contributed by atoms with E-state index in [1.54, 1.807) is 12.1 Å². The van der Waals surface area contributed by atoms with Crippen molar-refractivity contribution in [3.8, 4) is 0 Å². The number of anilines is 1. The lowest BCUT2D eigenvalue weighted by atomic mass is 9.85. The first kappa shape index (κ1) is 19.4. The van der Waals surface area contributed by atoms with E-state index in [0.29, 0.717) is 0 Å². The highest BCUT2D eigenvalue weighted by atomic mass is 19.1. The van der Waals surface area contributed by atoms with Crippen molar-refractivity contribution in [2.24, 2.45) is 5.41 Å². The normalized spacial score (nSPS) is 20.7. The van der Waals surface area contributed by atoms with E-state index < -0.39 is 0 Å². The predicted octanol–water partition coefficient (Wildman–Crippen LogP) is 7.14. The number of halogens is 1. The molecule has 3 rings (SSSR count). The third kappa shape index (κ3) is 3.22. The van der Waals surface area contributed by atoms with Gasteiger partial charge in [-0.15, -0.1) is 0 Å². The summed E-state index contributed by atoms with van der Waals surface area (Å²) in [5.74, 6) is -0.185. The van der Waals surface area contributed by atoms with E-state index in [4.69, 9.17) is 0 Å². The molecule has 0 bridgehead atoms. The van der Waals surface area contributed by atoms with Crippen molar-refractivity contribution in [3.63, 3.8) is 0 Å². The zero-order valence-corrected chi connectivity index (χ0v) is 17.4. The van der Waals surface area contributed by atoms with Crippen LogP contribution in [-0.4, -0.2) is 0 Å². The Kier molecular flexibility index (Phi) is 4.80. The SMILES string of the molecule is C=C(c1ccc(F)cc1C1(C)CC1(C)C)N(/C=C\C)c1c(C)cccc1C. The number of aryl methyl sites for hydroxylation is 2. The number of rotatable bonds is 5. The standard InChI is InChI=1S/C25H30FN/c1-8-14-27(23-17(2)10-9-11-18(23)3)19(4)21-13-12-20(26)15-22(21)25(7)16-24(25,5)6/h8-15H,4,16H2,1-3,5-7H3/b14-8-. The summed E-state index contributed by atoms with van der Waals surface area (Å²) in [4.78, 5) is 2.14. The van der Waals surface area contributed by atoms with Crippen LogP contribution in [0.2, 0.25) is 0 Å². The Morgan fingerprint density at radius 2 is 1.70 bits per heavy atom. The van der Waals surface area contributed by atoms with Crippen LogP contribution in [0.1, 0.15) is 56.4 Å². The molecular formula is C25H30FN. The molecule has 0 heterocycles. The Morgan fingerprint density at radius 3 is 2.22 bits per heavy atom. The van der Waals surface area contributed by atoms with E-state index in [0.717, 1.165) is 28.9 Å². The number of nitrogens with zero attached hydrogens (tertiary/aromatic N) is 1.